The summed E-state index contributed by atoms with van der Waals surface area (Å²) >= 11 is 0. The molecule has 0 saturated carbocycles. The van der Waals surface area contributed by atoms with E-state index in [1.165, 1.54) is 0 Å². The molecule has 0 aromatic heterocycles. The van der Waals surface area contributed by atoms with Gasteiger partial charge in [0.2, 0.25) is 0 Å². The highest BCUT2D eigenvalue weighted by molar-refractivity contribution is 5.63. The minimum absolute atomic E-state index is 0.602. The van der Waals surface area contributed by atoms with E-state index in [-0.39, 0.29) is 0 Å². The summed E-state index contributed by atoms with van der Waals surface area (Å²) in [7, 11) is 0. The van der Waals surface area contributed by atoms with Gasteiger partial charge in [0.1, 0.15) is 0 Å². The summed E-state index contributed by atoms with van der Waals surface area (Å²) < 4.78 is 0. The lowest BCUT2D eigenvalue weighted by Gasteiger charge is -2.22. The fraction of sp³-hybridized carbons (Fsp3) is 0.263. The third-order valence-corrected chi connectivity index (χ3v) is 3.60. The van der Waals surface area contributed by atoms with Gasteiger partial charge >= 0.3 is 0 Å². The smallest absolute Gasteiger partial charge is 0.150 e. The van der Waals surface area contributed by atoms with Crippen LogP contribution in [0.2, 0.25) is 0 Å². The molecule has 0 spiro atoms. The average Bonchev–Trinajstić information content (AvgIpc) is 2.53. The van der Waals surface area contributed by atoms with Crippen LogP contribution in [0.4, 0.5) is 0 Å². The summed E-state index contributed by atoms with van der Waals surface area (Å²) in [5.74, 6) is 2.54. The van der Waals surface area contributed by atoms with Gasteiger partial charge in [0.05, 0.1) is 0 Å². The molecule has 1 atom stereocenters. The minimum atomic E-state index is -1.15. The zero-order chi connectivity index (χ0) is 14.4. The average molecular weight is 264 g/mol. The Balaban J connectivity index is 2.26. The molecule has 102 valence electrons. The van der Waals surface area contributed by atoms with Crippen molar-refractivity contribution in [2.24, 2.45) is 0 Å². The van der Waals surface area contributed by atoms with Crippen molar-refractivity contribution in [1.82, 2.24) is 0 Å². The van der Waals surface area contributed by atoms with Gasteiger partial charge in [-0.1, -0.05) is 73.9 Å². The summed E-state index contributed by atoms with van der Waals surface area (Å²) in [6.07, 6.45) is 8.07. The van der Waals surface area contributed by atoms with Gasteiger partial charge in [-0.2, -0.15) is 0 Å². The molecule has 1 nitrogen and oxygen atoms in total. The van der Waals surface area contributed by atoms with Crippen LogP contribution in [0, 0.1) is 12.3 Å². The van der Waals surface area contributed by atoms with E-state index in [1.807, 2.05) is 42.5 Å². The second-order valence-corrected chi connectivity index (χ2v) is 5.05. The number of terminal acetylenes is 1. The fourth-order valence-corrected chi connectivity index (χ4v) is 2.30. The molecule has 2 rings (SSSR count). The normalized spacial score (nSPS) is 13.4. The van der Waals surface area contributed by atoms with Gasteiger partial charge in [0, 0.05) is 0 Å². The van der Waals surface area contributed by atoms with Crippen LogP contribution in [-0.4, -0.2) is 5.11 Å². The fourth-order valence-electron chi connectivity index (χ4n) is 2.30. The Morgan fingerprint density at radius 2 is 1.60 bits per heavy atom. The first-order valence-corrected chi connectivity index (χ1v) is 7.05. The molecular weight excluding hydrogens is 244 g/mol. The Labute approximate surface area is 121 Å². The van der Waals surface area contributed by atoms with Crippen molar-refractivity contribution in [1.29, 1.82) is 0 Å². The summed E-state index contributed by atoms with van der Waals surface area (Å²) in [4.78, 5) is 0. The second kappa shape index (κ2) is 6.41. The van der Waals surface area contributed by atoms with Gasteiger partial charge in [-0.15, -0.1) is 6.42 Å². The van der Waals surface area contributed by atoms with Gasteiger partial charge in [-0.05, 0) is 29.5 Å². The first-order valence-electron chi connectivity index (χ1n) is 7.05. The predicted octanol–water partition coefficient (Wildman–Crippen LogP) is 4.36. The Kier molecular flexibility index (Phi) is 4.61. The molecule has 0 radical (unpaired) electrons. The van der Waals surface area contributed by atoms with E-state index < -0.39 is 5.60 Å². The molecular formula is C19H20O. The lowest BCUT2D eigenvalue weighted by atomic mass is 9.88. The summed E-state index contributed by atoms with van der Waals surface area (Å²) in [5.41, 5.74) is 1.94. The predicted molar refractivity (Wildman–Crippen MR) is 84.1 cm³/mol. The maximum absolute atomic E-state index is 10.5. The molecule has 0 saturated heterocycles. The van der Waals surface area contributed by atoms with Crippen molar-refractivity contribution in [3.63, 3.8) is 0 Å². The molecule has 1 unspecified atom stereocenters. The van der Waals surface area contributed by atoms with E-state index in [0.717, 1.165) is 29.5 Å². The second-order valence-electron chi connectivity index (χ2n) is 5.05. The molecule has 0 heterocycles. The third kappa shape index (κ3) is 3.10. The van der Waals surface area contributed by atoms with Crippen molar-refractivity contribution in [3.05, 3.63) is 60.2 Å². The first-order chi connectivity index (χ1) is 9.69. The Hall–Kier alpha value is -2.04. The van der Waals surface area contributed by atoms with Crippen LogP contribution in [-0.2, 0) is 5.60 Å². The molecule has 0 amide bonds. The van der Waals surface area contributed by atoms with Crippen molar-refractivity contribution in [3.8, 4) is 23.5 Å². The maximum Gasteiger partial charge on any atom is 0.150 e. The number of hydrogen-bond donors (Lipinski definition) is 1. The van der Waals surface area contributed by atoms with Gasteiger partial charge in [-0.3, -0.25) is 0 Å². The van der Waals surface area contributed by atoms with Gasteiger partial charge in [-0.25, -0.2) is 0 Å². The highest BCUT2D eigenvalue weighted by Gasteiger charge is 2.25. The highest BCUT2D eigenvalue weighted by atomic mass is 16.3. The van der Waals surface area contributed by atoms with E-state index in [9.17, 15) is 5.11 Å². The van der Waals surface area contributed by atoms with Crippen LogP contribution in [0.5, 0.6) is 0 Å². The largest absolute Gasteiger partial charge is 0.373 e. The van der Waals surface area contributed by atoms with Crippen molar-refractivity contribution in [2.45, 2.75) is 31.8 Å². The van der Waals surface area contributed by atoms with Crippen LogP contribution in [0.1, 0.15) is 31.7 Å². The third-order valence-electron chi connectivity index (χ3n) is 3.60. The van der Waals surface area contributed by atoms with Crippen molar-refractivity contribution in [2.75, 3.05) is 0 Å². The first kappa shape index (κ1) is 14.4. The van der Waals surface area contributed by atoms with Crippen LogP contribution in [0.15, 0.2) is 54.6 Å². The van der Waals surface area contributed by atoms with Crippen LogP contribution < -0.4 is 0 Å². The minimum Gasteiger partial charge on any atom is -0.373 e. The zero-order valence-electron chi connectivity index (χ0n) is 11.8. The molecule has 0 aliphatic carbocycles. The molecule has 0 aliphatic rings. The lowest BCUT2D eigenvalue weighted by molar-refractivity contribution is 0.0877. The molecule has 2 aromatic carbocycles. The van der Waals surface area contributed by atoms with Crippen LogP contribution in [0.3, 0.4) is 0 Å². The van der Waals surface area contributed by atoms with Crippen molar-refractivity contribution < 1.29 is 5.11 Å². The highest BCUT2D eigenvalue weighted by Crippen LogP contribution is 2.28. The van der Waals surface area contributed by atoms with Crippen LogP contribution in [0.25, 0.3) is 11.1 Å². The zero-order valence-corrected chi connectivity index (χ0v) is 11.8. The van der Waals surface area contributed by atoms with E-state index in [1.54, 1.807) is 0 Å². The maximum atomic E-state index is 10.5. The standard InChI is InChI=1S/C19H20O/c1-3-5-15-19(20,4-2)18-13-11-17(12-14-18)16-9-7-6-8-10-16/h2,6-14,20H,3,5,15H2,1H3. The quantitative estimate of drug-likeness (QED) is 0.795. The lowest BCUT2D eigenvalue weighted by Crippen LogP contribution is -2.23. The molecule has 0 fully saturated rings. The van der Waals surface area contributed by atoms with E-state index in [0.29, 0.717) is 6.42 Å². The molecule has 2 aromatic rings. The van der Waals surface area contributed by atoms with Gasteiger partial charge in [0.15, 0.2) is 5.60 Å². The van der Waals surface area contributed by atoms with Crippen LogP contribution >= 0.6 is 0 Å². The Bertz CT molecular complexity index is 577. The molecule has 1 heteroatoms. The molecule has 20 heavy (non-hydrogen) atoms. The molecule has 0 aliphatic heterocycles. The van der Waals surface area contributed by atoms with E-state index in [2.05, 4.69) is 25.0 Å². The van der Waals surface area contributed by atoms with E-state index in [4.69, 9.17) is 6.42 Å². The number of hydrogen-bond acceptors (Lipinski definition) is 1. The summed E-state index contributed by atoms with van der Waals surface area (Å²) in [6, 6.07) is 18.1. The topological polar surface area (TPSA) is 20.2 Å². The van der Waals surface area contributed by atoms with Gasteiger partial charge in [0.25, 0.3) is 0 Å². The number of unbranched alkanes of at least 4 members (excludes halogenated alkanes) is 1. The molecule has 1 N–H and O–H groups in total. The molecule has 0 bridgehead atoms. The Morgan fingerprint density at radius 1 is 1.00 bits per heavy atom. The summed E-state index contributed by atoms with van der Waals surface area (Å²) in [5, 5.41) is 10.5. The SMILES string of the molecule is C#CC(O)(CCCC)c1ccc(-c2ccccc2)cc1. The Morgan fingerprint density at radius 3 is 2.15 bits per heavy atom. The van der Waals surface area contributed by atoms with Gasteiger partial charge < -0.3 is 5.11 Å². The number of rotatable bonds is 5. The number of benzene rings is 2. The van der Waals surface area contributed by atoms with E-state index >= 15 is 0 Å². The van der Waals surface area contributed by atoms with Crippen molar-refractivity contribution >= 4 is 0 Å². The number of aliphatic hydroxyl groups is 1. The summed E-state index contributed by atoms with van der Waals surface area (Å²) in [6.45, 7) is 2.09. The monoisotopic (exact) mass is 264 g/mol.